The number of hydrogen-bond donors (Lipinski definition) is 2. The van der Waals surface area contributed by atoms with Crippen molar-refractivity contribution in [1.29, 1.82) is 0 Å². The Balaban J connectivity index is 1.70. The lowest BCUT2D eigenvalue weighted by molar-refractivity contribution is -0.125. The minimum atomic E-state index is -0.237. The smallest absolute Gasteiger partial charge is 0.243 e. The summed E-state index contributed by atoms with van der Waals surface area (Å²) in [6, 6.07) is 7.36. The Kier molecular flexibility index (Phi) is 6.35. The number of benzene rings is 1. The fraction of sp³-hybridized carbons (Fsp3) is 0.467. The van der Waals surface area contributed by atoms with E-state index in [1.165, 1.54) is 0 Å². The summed E-state index contributed by atoms with van der Waals surface area (Å²) in [5.41, 5.74) is 0.695. The topological polar surface area (TPSA) is 64.7 Å². The molecule has 0 bridgehead atoms. The number of rotatable bonds is 5. The van der Waals surface area contributed by atoms with Crippen molar-refractivity contribution < 1.29 is 9.59 Å². The number of nitrogens with zero attached hydrogens (tertiary/aromatic N) is 2. The third-order valence-corrected chi connectivity index (χ3v) is 4.25. The zero-order valence-corrected chi connectivity index (χ0v) is 14.2. The van der Waals surface area contributed by atoms with E-state index in [0.717, 1.165) is 30.7 Å². The van der Waals surface area contributed by atoms with Crippen LogP contribution in [0.4, 0.5) is 5.69 Å². The Hall–Kier alpha value is -1.44. The number of hydrogen-bond acceptors (Lipinski definition) is 4. The molecule has 0 aromatic heterocycles. The monoisotopic (exact) mass is 368 g/mol. The van der Waals surface area contributed by atoms with E-state index in [9.17, 15) is 9.59 Å². The molecule has 0 aliphatic carbocycles. The van der Waals surface area contributed by atoms with E-state index in [-0.39, 0.29) is 18.4 Å². The van der Waals surface area contributed by atoms with Gasteiger partial charge in [0.15, 0.2) is 0 Å². The Bertz CT molecular complexity index is 530. The summed E-state index contributed by atoms with van der Waals surface area (Å²) in [7, 11) is 2.07. The molecule has 1 aromatic rings. The molecule has 22 heavy (non-hydrogen) atoms. The van der Waals surface area contributed by atoms with Crippen molar-refractivity contribution in [3.05, 3.63) is 28.7 Å². The molecule has 1 aliphatic rings. The van der Waals surface area contributed by atoms with Crippen LogP contribution in [-0.4, -0.2) is 67.9 Å². The number of carbonyl (C=O) groups is 2. The number of likely N-dealkylation sites (N-methyl/N-ethyl adjacent to an activating group) is 1. The quantitative estimate of drug-likeness (QED) is 0.804. The molecule has 6 nitrogen and oxygen atoms in total. The zero-order valence-electron chi connectivity index (χ0n) is 12.6. The lowest BCUT2D eigenvalue weighted by Gasteiger charge is -2.31. The van der Waals surface area contributed by atoms with E-state index in [0.29, 0.717) is 12.2 Å². The van der Waals surface area contributed by atoms with Crippen LogP contribution in [-0.2, 0) is 9.59 Å². The molecular weight excluding hydrogens is 348 g/mol. The Morgan fingerprint density at radius 2 is 1.82 bits per heavy atom. The van der Waals surface area contributed by atoms with Crippen LogP contribution in [0.15, 0.2) is 28.7 Å². The Labute approximate surface area is 139 Å². The summed E-state index contributed by atoms with van der Waals surface area (Å²) in [5.74, 6) is -0.356. The molecule has 2 N–H and O–H groups in total. The number of carbonyl (C=O) groups excluding carboxylic acids is 2. The fourth-order valence-electron chi connectivity index (χ4n) is 2.20. The van der Waals surface area contributed by atoms with Crippen LogP contribution in [0.2, 0.25) is 0 Å². The van der Waals surface area contributed by atoms with Crippen molar-refractivity contribution in [2.45, 2.75) is 0 Å². The van der Waals surface area contributed by atoms with Gasteiger partial charge < -0.3 is 15.5 Å². The molecule has 2 rings (SSSR count). The van der Waals surface area contributed by atoms with Crippen LogP contribution in [0.5, 0.6) is 0 Å². The molecule has 0 saturated carbocycles. The number of halogens is 1. The van der Waals surface area contributed by atoms with Crippen molar-refractivity contribution in [2.24, 2.45) is 0 Å². The first kappa shape index (κ1) is 16.9. The molecule has 1 aliphatic heterocycles. The van der Waals surface area contributed by atoms with Gasteiger partial charge in [0.1, 0.15) is 0 Å². The number of anilines is 1. The van der Waals surface area contributed by atoms with E-state index >= 15 is 0 Å². The number of para-hydroxylation sites is 1. The van der Waals surface area contributed by atoms with Crippen molar-refractivity contribution in [3.8, 4) is 0 Å². The van der Waals surface area contributed by atoms with Gasteiger partial charge in [-0.2, -0.15) is 0 Å². The van der Waals surface area contributed by atoms with Gasteiger partial charge in [-0.25, -0.2) is 0 Å². The van der Waals surface area contributed by atoms with Crippen LogP contribution in [0.1, 0.15) is 0 Å². The van der Waals surface area contributed by atoms with Gasteiger partial charge in [0.05, 0.1) is 18.8 Å². The van der Waals surface area contributed by atoms with Crippen LogP contribution < -0.4 is 10.6 Å². The highest BCUT2D eigenvalue weighted by atomic mass is 79.9. The van der Waals surface area contributed by atoms with Crippen molar-refractivity contribution in [1.82, 2.24) is 15.1 Å². The highest BCUT2D eigenvalue weighted by Crippen LogP contribution is 2.20. The van der Waals surface area contributed by atoms with Gasteiger partial charge in [-0.1, -0.05) is 12.1 Å². The molecule has 0 spiro atoms. The highest BCUT2D eigenvalue weighted by Gasteiger charge is 2.16. The lowest BCUT2D eigenvalue weighted by Crippen LogP contribution is -2.48. The maximum atomic E-state index is 11.9. The first-order valence-electron chi connectivity index (χ1n) is 7.26. The molecule has 1 fully saturated rings. The van der Waals surface area contributed by atoms with E-state index in [1.54, 1.807) is 6.07 Å². The maximum absolute atomic E-state index is 11.9. The average molecular weight is 369 g/mol. The number of piperazine rings is 1. The second-order valence-electron chi connectivity index (χ2n) is 5.38. The number of nitrogens with one attached hydrogen (secondary N) is 2. The van der Waals surface area contributed by atoms with Gasteiger partial charge in [0, 0.05) is 30.7 Å². The minimum Gasteiger partial charge on any atom is -0.346 e. The molecule has 0 atom stereocenters. The van der Waals surface area contributed by atoms with Gasteiger partial charge in [0.2, 0.25) is 11.8 Å². The second kappa shape index (κ2) is 8.26. The zero-order chi connectivity index (χ0) is 15.9. The third kappa shape index (κ3) is 5.40. The van der Waals surface area contributed by atoms with Gasteiger partial charge in [-0.15, -0.1) is 0 Å². The Morgan fingerprint density at radius 3 is 2.50 bits per heavy atom. The minimum absolute atomic E-state index is 0.0199. The van der Waals surface area contributed by atoms with Gasteiger partial charge >= 0.3 is 0 Å². The van der Waals surface area contributed by atoms with Crippen LogP contribution >= 0.6 is 15.9 Å². The standard InChI is InChI=1S/C15H21BrN4O2/c1-19-6-8-20(9-7-19)11-15(22)17-10-14(21)18-13-5-3-2-4-12(13)16/h2-5H,6-11H2,1H3,(H,17,22)(H,18,21). The van der Waals surface area contributed by atoms with E-state index in [2.05, 4.69) is 43.4 Å². The predicted octanol–water partition coefficient (Wildman–Crippen LogP) is 0.751. The summed E-state index contributed by atoms with van der Waals surface area (Å²) < 4.78 is 0.812. The highest BCUT2D eigenvalue weighted by molar-refractivity contribution is 9.10. The third-order valence-electron chi connectivity index (χ3n) is 3.56. The van der Waals surface area contributed by atoms with Crippen molar-refractivity contribution in [2.75, 3.05) is 51.6 Å². The van der Waals surface area contributed by atoms with Crippen LogP contribution in [0.3, 0.4) is 0 Å². The SMILES string of the molecule is CN1CCN(CC(=O)NCC(=O)Nc2ccccc2Br)CC1. The Morgan fingerprint density at radius 1 is 1.14 bits per heavy atom. The molecule has 0 radical (unpaired) electrons. The van der Waals surface area contributed by atoms with Gasteiger partial charge in [0.25, 0.3) is 0 Å². The molecular formula is C15H21BrN4O2. The molecule has 1 aromatic carbocycles. The van der Waals surface area contributed by atoms with Crippen LogP contribution in [0.25, 0.3) is 0 Å². The normalized spacial score (nSPS) is 16.3. The molecule has 2 amide bonds. The lowest BCUT2D eigenvalue weighted by atomic mass is 10.3. The summed E-state index contributed by atoms with van der Waals surface area (Å²) in [6.07, 6.45) is 0. The summed E-state index contributed by atoms with van der Waals surface area (Å²) >= 11 is 3.36. The predicted molar refractivity (Wildman–Crippen MR) is 89.7 cm³/mol. The molecule has 120 valence electrons. The van der Waals surface area contributed by atoms with Crippen LogP contribution in [0, 0.1) is 0 Å². The molecule has 1 saturated heterocycles. The average Bonchev–Trinajstić information content (AvgIpc) is 2.50. The fourth-order valence-corrected chi connectivity index (χ4v) is 2.58. The van der Waals surface area contributed by atoms with Crippen molar-refractivity contribution >= 4 is 33.4 Å². The first-order valence-corrected chi connectivity index (χ1v) is 8.06. The first-order chi connectivity index (χ1) is 10.5. The number of amides is 2. The summed E-state index contributed by atoms with van der Waals surface area (Å²) in [6.45, 7) is 4.02. The molecule has 1 heterocycles. The van der Waals surface area contributed by atoms with Gasteiger partial charge in [-0.3, -0.25) is 14.5 Å². The van der Waals surface area contributed by atoms with Crippen molar-refractivity contribution in [3.63, 3.8) is 0 Å². The molecule has 7 heteroatoms. The molecule has 0 unspecified atom stereocenters. The summed E-state index contributed by atoms with van der Waals surface area (Å²) in [4.78, 5) is 28.0. The van der Waals surface area contributed by atoms with E-state index < -0.39 is 0 Å². The second-order valence-corrected chi connectivity index (χ2v) is 6.24. The largest absolute Gasteiger partial charge is 0.346 e. The van der Waals surface area contributed by atoms with Gasteiger partial charge in [-0.05, 0) is 35.1 Å². The maximum Gasteiger partial charge on any atom is 0.243 e. The summed E-state index contributed by atoms with van der Waals surface area (Å²) in [5, 5.41) is 5.41. The van der Waals surface area contributed by atoms with E-state index in [4.69, 9.17) is 0 Å². The van der Waals surface area contributed by atoms with E-state index in [1.807, 2.05) is 18.2 Å².